The maximum atomic E-state index is 5.72. The number of ether oxygens (including phenoxy) is 1. The van der Waals surface area contributed by atoms with Gasteiger partial charge in [0.05, 0.1) is 12.3 Å². The van der Waals surface area contributed by atoms with Gasteiger partial charge in [-0.3, -0.25) is 0 Å². The quantitative estimate of drug-likeness (QED) is 0.840. The van der Waals surface area contributed by atoms with E-state index in [9.17, 15) is 0 Å². The van der Waals surface area contributed by atoms with Crippen LogP contribution in [0.15, 0.2) is 22.6 Å². The summed E-state index contributed by atoms with van der Waals surface area (Å²) in [6.45, 7) is 5.50. The zero-order chi connectivity index (χ0) is 14.4. The molecule has 0 amide bonds. The van der Waals surface area contributed by atoms with Crippen molar-refractivity contribution < 1.29 is 9.15 Å². The van der Waals surface area contributed by atoms with E-state index < -0.39 is 0 Å². The van der Waals surface area contributed by atoms with Gasteiger partial charge in [-0.25, -0.2) is 9.97 Å². The van der Waals surface area contributed by atoms with Gasteiger partial charge < -0.3 is 14.5 Å². The summed E-state index contributed by atoms with van der Waals surface area (Å²) in [6, 6.07) is 5.78. The Balaban J connectivity index is 2.32. The third-order valence-electron chi connectivity index (χ3n) is 2.86. The second-order valence-electron chi connectivity index (χ2n) is 4.55. The molecule has 0 unspecified atom stereocenters. The van der Waals surface area contributed by atoms with E-state index in [1.807, 2.05) is 18.2 Å². The normalized spacial score (nSPS) is 10.8. The van der Waals surface area contributed by atoms with Gasteiger partial charge in [0, 0.05) is 26.1 Å². The number of furan rings is 1. The standard InChI is InChI=1S/C15H21N3O2/c1-4-8-16-14-9-11(10-19-3)17-15(18-14)13-7-6-12(5-2)20-13/h6-7,9H,4-5,8,10H2,1-3H3,(H,16,17,18). The molecule has 0 aromatic carbocycles. The highest BCUT2D eigenvalue weighted by Gasteiger charge is 2.10. The topological polar surface area (TPSA) is 60.2 Å². The molecule has 0 atom stereocenters. The van der Waals surface area contributed by atoms with Crippen molar-refractivity contribution >= 4 is 5.82 Å². The molecular formula is C15H21N3O2. The minimum Gasteiger partial charge on any atom is -0.458 e. The third-order valence-corrected chi connectivity index (χ3v) is 2.86. The molecule has 2 heterocycles. The number of hydrogen-bond acceptors (Lipinski definition) is 5. The van der Waals surface area contributed by atoms with E-state index >= 15 is 0 Å². The van der Waals surface area contributed by atoms with Gasteiger partial charge in [-0.15, -0.1) is 0 Å². The van der Waals surface area contributed by atoms with Crippen molar-refractivity contribution in [2.75, 3.05) is 19.0 Å². The lowest BCUT2D eigenvalue weighted by atomic mass is 10.3. The molecule has 0 fully saturated rings. The molecule has 5 nitrogen and oxygen atoms in total. The molecule has 0 saturated carbocycles. The first-order valence-electron chi connectivity index (χ1n) is 6.96. The molecule has 1 N–H and O–H groups in total. The summed E-state index contributed by atoms with van der Waals surface area (Å²) in [6.07, 6.45) is 1.90. The number of hydrogen-bond donors (Lipinski definition) is 1. The minimum atomic E-state index is 0.456. The first-order valence-corrected chi connectivity index (χ1v) is 6.96. The van der Waals surface area contributed by atoms with Gasteiger partial charge >= 0.3 is 0 Å². The minimum absolute atomic E-state index is 0.456. The van der Waals surface area contributed by atoms with Crippen LogP contribution in [-0.4, -0.2) is 23.6 Å². The fraction of sp³-hybridized carbons (Fsp3) is 0.467. The summed E-state index contributed by atoms with van der Waals surface area (Å²) in [4.78, 5) is 8.98. The van der Waals surface area contributed by atoms with Crippen molar-refractivity contribution in [3.05, 3.63) is 29.7 Å². The molecule has 108 valence electrons. The maximum absolute atomic E-state index is 5.72. The Morgan fingerprint density at radius 2 is 2.10 bits per heavy atom. The molecule has 2 aromatic heterocycles. The molecule has 0 spiro atoms. The largest absolute Gasteiger partial charge is 0.458 e. The monoisotopic (exact) mass is 275 g/mol. The van der Waals surface area contributed by atoms with Crippen molar-refractivity contribution in [1.29, 1.82) is 0 Å². The van der Waals surface area contributed by atoms with Gasteiger partial charge in [0.25, 0.3) is 0 Å². The van der Waals surface area contributed by atoms with Crippen molar-refractivity contribution in [2.45, 2.75) is 33.3 Å². The number of aromatic nitrogens is 2. The SMILES string of the molecule is CCCNc1cc(COC)nc(-c2ccc(CC)o2)n1. The van der Waals surface area contributed by atoms with Crippen LogP contribution in [0, 0.1) is 0 Å². The van der Waals surface area contributed by atoms with Crippen LogP contribution in [0.1, 0.15) is 31.7 Å². The fourth-order valence-corrected chi connectivity index (χ4v) is 1.86. The first-order chi connectivity index (χ1) is 9.76. The van der Waals surface area contributed by atoms with Crippen LogP contribution in [0.25, 0.3) is 11.6 Å². The molecule has 0 aliphatic carbocycles. The molecule has 0 saturated heterocycles. The summed E-state index contributed by atoms with van der Waals surface area (Å²) in [5.41, 5.74) is 0.838. The van der Waals surface area contributed by atoms with Gasteiger partial charge in [0.2, 0.25) is 0 Å². The lowest BCUT2D eigenvalue weighted by Gasteiger charge is -2.08. The number of nitrogens with zero attached hydrogens (tertiary/aromatic N) is 2. The number of methoxy groups -OCH3 is 1. The number of aryl methyl sites for hydroxylation is 1. The Morgan fingerprint density at radius 1 is 1.25 bits per heavy atom. The van der Waals surface area contributed by atoms with Gasteiger partial charge in [-0.05, 0) is 18.6 Å². The second-order valence-corrected chi connectivity index (χ2v) is 4.55. The van der Waals surface area contributed by atoms with Crippen LogP contribution in [0.4, 0.5) is 5.82 Å². The molecule has 2 aromatic rings. The van der Waals surface area contributed by atoms with Crippen LogP contribution >= 0.6 is 0 Å². The Hall–Kier alpha value is -1.88. The average molecular weight is 275 g/mol. The Bertz CT molecular complexity index is 552. The first kappa shape index (κ1) is 14.5. The van der Waals surface area contributed by atoms with Gasteiger partial charge in [-0.1, -0.05) is 13.8 Å². The summed E-state index contributed by atoms with van der Waals surface area (Å²) >= 11 is 0. The van der Waals surface area contributed by atoms with Crippen LogP contribution in [0.2, 0.25) is 0 Å². The Kier molecular flexibility index (Phi) is 5.12. The van der Waals surface area contributed by atoms with Gasteiger partial charge in [-0.2, -0.15) is 0 Å². The van der Waals surface area contributed by atoms with Crippen LogP contribution < -0.4 is 5.32 Å². The Labute approximate surface area is 119 Å². The van der Waals surface area contributed by atoms with Crippen LogP contribution in [0.3, 0.4) is 0 Å². The molecular weight excluding hydrogens is 254 g/mol. The van der Waals surface area contributed by atoms with Gasteiger partial charge in [0.1, 0.15) is 11.6 Å². The zero-order valence-corrected chi connectivity index (χ0v) is 12.3. The highest BCUT2D eigenvalue weighted by molar-refractivity contribution is 5.51. The summed E-state index contributed by atoms with van der Waals surface area (Å²) < 4.78 is 10.9. The van der Waals surface area contributed by atoms with E-state index in [0.29, 0.717) is 18.2 Å². The zero-order valence-electron chi connectivity index (χ0n) is 12.3. The van der Waals surface area contributed by atoms with E-state index in [2.05, 4.69) is 29.1 Å². The van der Waals surface area contributed by atoms with E-state index in [-0.39, 0.29) is 0 Å². The third kappa shape index (κ3) is 3.57. The highest BCUT2D eigenvalue weighted by atomic mass is 16.5. The number of nitrogens with one attached hydrogen (secondary N) is 1. The number of rotatable bonds is 7. The van der Waals surface area contributed by atoms with E-state index in [0.717, 1.165) is 36.7 Å². The van der Waals surface area contributed by atoms with Crippen molar-refractivity contribution in [2.24, 2.45) is 0 Å². The van der Waals surface area contributed by atoms with Crippen LogP contribution in [0.5, 0.6) is 0 Å². The van der Waals surface area contributed by atoms with E-state index in [1.165, 1.54) is 0 Å². The smallest absolute Gasteiger partial charge is 0.197 e. The summed E-state index contributed by atoms with van der Waals surface area (Å²) in [5.74, 6) is 3.03. The predicted octanol–water partition coefficient (Wildman–Crippen LogP) is 3.27. The van der Waals surface area contributed by atoms with Crippen molar-refractivity contribution in [1.82, 2.24) is 9.97 Å². The molecule has 0 bridgehead atoms. The lowest BCUT2D eigenvalue weighted by Crippen LogP contribution is -2.06. The summed E-state index contributed by atoms with van der Waals surface area (Å²) in [5, 5.41) is 3.28. The maximum Gasteiger partial charge on any atom is 0.197 e. The van der Waals surface area contributed by atoms with E-state index in [1.54, 1.807) is 7.11 Å². The molecule has 0 radical (unpaired) electrons. The van der Waals surface area contributed by atoms with Crippen LogP contribution in [-0.2, 0) is 17.8 Å². The molecule has 5 heteroatoms. The van der Waals surface area contributed by atoms with E-state index in [4.69, 9.17) is 9.15 Å². The molecule has 20 heavy (non-hydrogen) atoms. The van der Waals surface area contributed by atoms with Crippen molar-refractivity contribution in [3.8, 4) is 11.6 Å². The predicted molar refractivity (Wildman–Crippen MR) is 78.6 cm³/mol. The number of anilines is 1. The Morgan fingerprint density at radius 3 is 2.75 bits per heavy atom. The molecule has 0 aliphatic heterocycles. The van der Waals surface area contributed by atoms with Gasteiger partial charge in [0.15, 0.2) is 11.6 Å². The van der Waals surface area contributed by atoms with Crippen molar-refractivity contribution in [3.63, 3.8) is 0 Å². The molecule has 0 aliphatic rings. The highest BCUT2D eigenvalue weighted by Crippen LogP contribution is 2.21. The molecule has 2 rings (SSSR count). The second kappa shape index (κ2) is 7.05. The average Bonchev–Trinajstić information content (AvgIpc) is 2.94. The lowest BCUT2D eigenvalue weighted by molar-refractivity contribution is 0.181. The fourth-order valence-electron chi connectivity index (χ4n) is 1.86. The summed E-state index contributed by atoms with van der Waals surface area (Å²) in [7, 11) is 1.66.